The number of methoxy groups -OCH3 is 1. The second-order valence-corrected chi connectivity index (χ2v) is 4.69. The highest BCUT2D eigenvalue weighted by atomic mass is 32.2. The smallest absolute Gasteiger partial charge is 0.329 e. The molecule has 0 atom stereocenters. The number of nitro groups is 1. The van der Waals surface area contributed by atoms with E-state index in [4.69, 9.17) is 4.74 Å². The summed E-state index contributed by atoms with van der Waals surface area (Å²) < 4.78 is 26.9. The van der Waals surface area contributed by atoms with Crippen LogP contribution in [0.4, 0.5) is 5.69 Å². The van der Waals surface area contributed by atoms with Gasteiger partial charge in [-0.25, -0.2) is 13.4 Å². The van der Waals surface area contributed by atoms with Gasteiger partial charge < -0.3 is 4.74 Å². The van der Waals surface area contributed by atoms with E-state index in [0.717, 1.165) is 18.5 Å². The predicted octanol–water partition coefficient (Wildman–Crippen LogP) is 0.402. The normalized spacial score (nSPS) is 11.1. The van der Waals surface area contributed by atoms with E-state index >= 15 is 0 Å². The second kappa shape index (κ2) is 3.81. The van der Waals surface area contributed by atoms with Gasteiger partial charge in [0.1, 0.15) is 6.20 Å². The molecular formula is C7H8N2O5S. The van der Waals surface area contributed by atoms with Gasteiger partial charge in [0.25, 0.3) is 0 Å². The van der Waals surface area contributed by atoms with Crippen LogP contribution < -0.4 is 4.74 Å². The van der Waals surface area contributed by atoms with Crippen molar-refractivity contribution in [3.8, 4) is 5.75 Å². The number of hydrogen-bond donors (Lipinski definition) is 0. The van der Waals surface area contributed by atoms with Gasteiger partial charge in [-0.15, -0.1) is 0 Å². The predicted molar refractivity (Wildman–Crippen MR) is 50.6 cm³/mol. The zero-order valence-electron chi connectivity index (χ0n) is 8.00. The van der Waals surface area contributed by atoms with Crippen LogP contribution in [0.15, 0.2) is 17.3 Å². The molecule has 7 nitrogen and oxygen atoms in total. The first kappa shape index (κ1) is 11.4. The van der Waals surface area contributed by atoms with Crippen molar-refractivity contribution in [2.45, 2.75) is 5.03 Å². The summed E-state index contributed by atoms with van der Waals surface area (Å²) >= 11 is 0. The third-order valence-electron chi connectivity index (χ3n) is 1.62. The molecule has 0 aliphatic rings. The number of sulfone groups is 1. The van der Waals surface area contributed by atoms with Gasteiger partial charge in [0.2, 0.25) is 5.75 Å². The van der Waals surface area contributed by atoms with Crippen LogP contribution in [0.1, 0.15) is 0 Å². The maximum Gasteiger partial charge on any atom is 0.329 e. The van der Waals surface area contributed by atoms with E-state index in [1.807, 2.05) is 0 Å². The van der Waals surface area contributed by atoms with Crippen LogP contribution in [-0.4, -0.2) is 31.7 Å². The summed E-state index contributed by atoms with van der Waals surface area (Å²) in [6.07, 6.45) is 1.82. The minimum absolute atomic E-state index is 0.129. The van der Waals surface area contributed by atoms with E-state index in [0.29, 0.717) is 0 Å². The van der Waals surface area contributed by atoms with Gasteiger partial charge >= 0.3 is 5.69 Å². The SMILES string of the molecule is COc1cc(S(C)(=O)=O)ncc1[N+](=O)[O-]. The van der Waals surface area contributed by atoms with Crippen molar-refractivity contribution in [3.63, 3.8) is 0 Å². The van der Waals surface area contributed by atoms with Crippen LogP contribution in [-0.2, 0) is 9.84 Å². The average Bonchev–Trinajstić information content (AvgIpc) is 2.15. The first-order valence-corrected chi connectivity index (χ1v) is 5.64. The van der Waals surface area contributed by atoms with Gasteiger partial charge in [-0.2, -0.15) is 0 Å². The quantitative estimate of drug-likeness (QED) is 0.552. The van der Waals surface area contributed by atoms with Crippen molar-refractivity contribution in [2.24, 2.45) is 0 Å². The van der Waals surface area contributed by atoms with Crippen LogP contribution in [0.3, 0.4) is 0 Å². The summed E-state index contributed by atoms with van der Waals surface area (Å²) in [6, 6.07) is 1.02. The average molecular weight is 232 g/mol. The molecule has 1 rings (SSSR count). The lowest BCUT2D eigenvalue weighted by molar-refractivity contribution is -0.386. The van der Waals surface area contributed by atoms with Crippen molar-refractivity contribution in [1.29, 1.82) is 0 Å². The lowest BCUT2D eigenvalue weighted by atomic mass is 10.4. The molecule has 0 saturated carbocycles. The molecule has 0 fully saturated rings. The van der Waals surface area contributed by atoms with E-state index in [9.17, 15) is 18.5 Å². The fourth-order valence-electron chi connectivity index (χ4n) is 0.915. The number of hydrogen-bond acceptors (Lipinski definition) is 6. The van der Waals surface area contributed by atoms with Crippen LogP contribution >= 0.6 is 0 Å². The first-order chi connectivity index (χ1) is 6.86. The molecule has 0 bridgehead atoms. The third kappa shape index (κ3) is 2.40. The Morgan fingerprint density at radius 2 is 2.13 bits per heavy atom. The lowest BCUT2D eigenvalue weighted by Crippen LogP contribution is -2.03. The molecule has 0 unspecified atom stereocenters. The fraction of sp³-hybridized carbons (Fsp3) is 0.286. The van der Waals surface area contributed by atoms with Gasteiger partial charge in [0, 0.05) is 12.3 Å². The van der Waals surface area contributed by atoms with E-state index in [-0.39, 0.29) is 16.5 Å². The summed E-state index contributed by atoms with van der Waals surface area (Å²) in [6.45, 7) is 0. The summed E-state index contributed by atoms with van der Waals surface area (Å²) in [5.41, 5.74) is -0.370. The summed E-state index contributed by atoms with van der Waals surface area (Å²) in [5.74, 6) is -0.129. The molecule has 15 heavy (non-hydrogen) atoms. The van der Waals surface area contributed by atoms with Crippen LogP contribution in [0.25, 0.3) is 0 Å². The van der Waals surface area contributed by atoms with Gasteiger partial charge in [-0.05, 0) is 0 Å². The number of nitrogens with zero attached hydrogens (tertiary/aromatic N) is 2. The Bertz CT molecular complexity index is 496. The third-order valence-corrected chi connectivity index (χ3v) is 2.60. The molecule has 0 radical (unpaired) electrons. The van der Waals surface area contributed by atoms with Crippen LogP contribution in [0.2, 0.25) is 0 Å². The zero-order valence-corrected chi connectivity index (χ0v) is 8.82. The Hall–Kier alpha value is -1.70. The largest absolute Gasteiger partial charge is 0.490 e. The maximum atomic E-state index is 11.1. The lowest BCUT2D eigenvalue weighted by Gasteiger charge is -2.02. The number of rotatable bonds is 3. The highest BCUT2D eigenvalue weighted by molar-refractivity contribution is 7.90. The topological polar surface area (TPSA) is 99.4 Å². The minimum atomic E-state index is -3.49. The molecule has 0 spiro atoms. The Labute approximate surface area is 85.8 Å². The van der Waals surface area contributed by atoms with Gasteiger partial charge in [0.15, 0.2) is 14.9 Å². The van der Waals surface area contributed by atoms with Crippen LogP contribution in [0.5, 0.6) is 5.75 Å². The Morgan fingerprint density at radius 3 is 2.53 bits per heavy atom. The Kier molecular flexibility index (Phi) is 2.89. The highest BCUT2D eigenvalue weighted by Crippen LogP contribution is 2.27. The molecule has 8 heteroatoms. The van der Waals surface area contributed by atoms with E-state index in [1.54, 1.807) is 0 Å². The molecule has 0 aromatic carbocycles. The van der Waals surface area contributed by atoms with E-state index < -0.39 is 14.8 Å². The van der Waals surface area contributed by atoms with Crippen molar-refractivity contribution in [3.05, 3.63) is 22.4 Å². The number of aromatic nitrogens is 1. The number of pyridine rings is 1. The second-order valence-electron chi connectivity index (χ2n) is 2.72. The maximum absolute atomic E-state index is 11.1. The molecular weight excluding hydrogens is 224 g/mol. The van der Waals surface area contributed by atoms with E-state index in [1.165, 1.54) is 7.11 Å². The fourth-order valence-corrected chi connectivity index (χ4v) is 1.48. The molecule has 1 heterocycles. The van der Waals surface area contributed by atoms with Crippen molar-refractivity contribution in [1.82, 2.24) is 4.98 Å². The molecule has 0 saturated heterocycles. The van der Waals surface area contributed by atoms with Crippen molar-refractivity contribution in [2.75, 3.05) is 13.4 Å². The summed E-state index contributed by atoms with van der Waals surface area (Å²) in [7, 11) is -2.27. The Morgan fingerprint density at radius 1 is 1.53 bits per heavy atom. The van der Waals surface area contributed by atoms with Gasteiger partial charge in [-0.1, -0.05) is 0 Å². The minimum Gasteiger partial charge on any atom is -0.490 e. The monoisotopic (exact) mass is 232 g/mol. The number of ether oxygens (including phenoxy) is 1. The van der Waals surface area contributed by atoms with Crippen molar-refractivity contribution >= 4 is 15.5 Å². The standard InChI is InChI=1S/C7H8N2O5S/c1-14-6-3-7(15(2,12)13)8-4-5(6)9(10)11/h3-4H,1-2H3. The first-order valence-electron chi connectivity index (χ1n) is 3.74. The molecule has 0 aliphatic heterocycles. The van der Waals surface area contributed by atoms with Crippen molar-refractivity contribution < 1.29 is 18.1 Å². The Balaban J connectivity index is 3.38. The van der Waals surface area contributed by atoms with Gasteiger partial charge in [0.05, 0.1) is 12.0 Å². The molecule has 82 valence electrons. The van der Waals surface area contributed by atoms with Gasteiger partial charge in [-0.3, -0.25) is 10.1 Å². The molecule has 1 aromatic heterocycles. The van der Waals surface area contributed by atoms with E-state index in [2.05, 4.69) is 4.98 Å². The molecule has 1 aromatic rings. The zero-order chi connectivity index (χ0) is 11.6. The molecule has 0 amide bonds. The summed E-state index contributed by atoms with van der Waals surface area (Å²) in [4.78, 5) is 13.3. The summed E-state index contributed by atoms with van der Waals surface area (Å²) in [5, 5.41) is 10.2. The highest BCUT2D eigenvalue weighted by Gasteiger charge is 2.19. The van der Waals surface area contributed by atoms with Crippen LogP contribution in [0, 0.1) is 10.1 Å². The molecule has 0 N–H and O–H groups in total. The molecule has 0 aliphatic carbocycles.